The minimum Gasteiger partial charge on any atom is -0.497 e. The molecule has 2 rings (SSSR count). The second kappa shape index (κ2) is 10.4. The van der Waals surface area contributed by atoms with Gasteiger partial charge in [0.15, 0.2) is 0 Å². The average molecular weight is 419 g/mol. The van der Waals surface area contributed by atoms with E-state index in [-0.39, 0.29) is 17.3 Å². The number of ether oxygens (including phenoxy) is 1. The van der Waals surface area contributed by atoms with Crippen LogP contribution in [0.3, 0.4) is 0 Å². The fourth-order valence-corrected chi connectivity index (χ4v) is 3.99. The van der Waals surface area contributed by atoms with Crippen LogP contribution in [0.1, 0.15) is 37.3 Å². The van der Waals surface area contributed by atoms with Gasteiger partial charge in [-0.15, -0.1) is 0 Å². The highest BCUT2D eigenvalue weighted by molar-refractivity contribution is 7.89. The Labute approximate surface area is 173 Å². The van der Waals surface area contributed by atoms with Crippen molar-refractivity contribution < 1.29 is 17.9 Å². The summed E-state index contributed by atoms with van der Waals surface area (Å²) in [5, 5.41) is 2.79. The van der Waals surface area contributed by atoms with Gasteiger partial charge in [0.2, 0.25) is 15.9 Å². The van der Waals surface area contributed by atoms with E-state index in [0.717, 1.165) is 17.1 Å². The van der Waals surface area contributed by atoms with E-state index in [2.05, 4.69) is 43.4 Å². The number of likely N-dealkylation sites (N-methyl/N-ethyl adjacent to an activating group) is 1. The van der Waals surface area contributed by atoms with Crippen molar-refractivity contribution in [3.05, 3.63) is 59.7 Å². The molecule has 0 fully saturated rings. The fourth-order valence-electron chi connectivity index (χ4n) is 2.86. The number of rotatable bonds is 10. The molecule has 0 aliphatic heterocycles. The van der Waals surface area contributed by atoms with Crippen LogP contribution >= 0.6 is 0 Å². The minimum atomic E-state index is -3.73. The van der Waals surface area contributed by atoms with Gasteiger partial charge in [-0.3, -0.25) is 4.79 Å². The third-order valence-corrected chi connectivity index (χ3v) is 6.56. The lowest BCUT2D eigenvalue weighted by Gasteiger charge is -2.17. The van der Waals surface area contributed by atoms with Crippen molar-refractivity contribution >= 4 is 15.9 Å². The second-order valence-electron chi connectivity index (χ2n) is 7.29. The summed E-state index contributed by atoms with van der Waals surface area (Å²) in [6, 6.07) is 14.6. The maximum atomic E-state index is 12.6. The van der Waals surface area contributed by atoms with Gasteiger partial charge in [-0.25, -0.2) is 8.42 Å². The highest BCUT2D eigenvalue weighted by Gasteiger charge is 2.22. The molecule has 0 saturated heterocycles. The first-order chi connectivity index (χ1) is 13.7. The molecule has 0 spiro atoms. The van der Waals surface area contributed by atoms with Crippen LogP contribution in [-0.2, 0) is 21.2 Å². The number of sulfonamides is 1. The molecule has 0 saturated carbocycles. The molecular weight excluding hydrogens is 388 g/mol. The number of aryl methyl sites for hydroxylation is 1. The molecule has 0 bridgehead atoms. The van der Waals surface area contributed by atoms with Gasteiger partial charge in [0, 0.05) is 13.6 Å². The summed E-state index contributed by atoms with van der Waals surface area (Å²) in [5.41, 5.74) is 2.53. The molecule has 0 unspecified atom stereocenters. The fraction of sp³-hybridized carbons (Fsp3) is 0.409. The van der Waals surface area contributed by atoms with Crippen LogP contribution in [0.25, 0.3) is 0 Å². The van der Waals surface area contributed by atoms with Gasteiger partial charge in [-0.2, -0.15) is 4.31 Å². The van der Waals surface area contributed by atoms with Crippen LogP contribution in [0.15, 0.2) is 53.4 Å². The van der Waals surface area contributed by atoms with Crippen molar-refractivity contribution in [1.29, 1.82) is 0 Å². The molecule has 0 aromatic heterocycles. The van der Waals surface area contributed by atoms with E-state index in [4.69, 9.17) is 4.74 Å². The van der Waals surface area contributed by atoms with Gasteiger partial charge in [0.25, 0.3) is 0 Å². The number of benzene rings is 2. The van der Waals surface area contributed by atoms with Crippen LogP contribution in [-0.4, -0.2) is 45.9 Å². The standard InChI is InChI=1S/C22H30N2O4S/c1-17(2)19-9-7-18(8-10-19)6-5-15-23-22(25)16-24(3)29(26,27)21-13-11-20(28-4)12-14-21/h7-14,17H,5-6,15-16H2,1-4H3,(H,23,25). The number of nitrogens with one attached hydrogen (secondary N) is 1. The first-order valence-corrected chi connectivity index (χ1v) is 11.1. The molecule has 0 heterocycles. The minimum absolute atomic E-state index is 0.124. The topological polar surface area (TPSA) is 75.7 Å². The molecule has 0 radical (unpaired) electrons. The van der Waals surface area contributed by atoms with Crippen LogP contribution in [0.4, 0.5) is 0 Å². The van der Waals surface area contributed by atoms with E-state index >= 15 is 0 Å². The number of methoxy groups -OCH3 is 1. The summed E-state index contributed by atoms with van der Waals surface area (Å²) in [6.45, 7) is 4.60. The van der Waals surface area contributed by atoms with Crippen LogP contribution in [0.5, 0.6) is 5.75 Å². The normalized spacial score (nSPS) is 11.7. The smallest absolute Gasteiger partial charge is 0.243 e. The quantitative estimate of drug-likeness (QED) is 0.601. The molecule has 0 aliphatic rings. The lowest BCUT2D eigenvalue weighted by atomic mass is 10.0. The van der Waals surface area contributed by atoms with E-state index in [1.807, 2.05) is 0 Å². The van der Waals surface area contributed by atoms with E-state index in [0.29, 0.717) is 18.2 Å². The zero-order chi connectivity index (χ0) is 21.4. The first kappa shape index (κ1) is 22.9. The Kier molecular flexibility index (Phi) is 8.22. The molecule has 158 valence electrons. The average Bonchev–Trinajstić information content (AvgIpc) is 2.71. The number of hydrogen-bond acceptors (Lipinski definition) is 4. The van der Waals surface area contributed by atoms with Crippen molar-refractivity contribution in [1.82, 2.24) is 9.62 Å². The summed E-state index contributed by atoms with van der Waals surface area (Å²) >= 11 is 0. The van der Waals surface area contributed by atoms with E-state index in [1.54, 1.807) is 12.1 Å². The van der Waals surface area contributed by atoms with Gasteiger partial charge >= 0.3 is 0 Å². The van der Waals surface area contributed by atoms with Gasteiger partial charge in [0.1, 0.15) is 5.75 Å². The Morgan fingerprint density at radius 2 is 1.69 bits per heavy atom. The third-order valence-electron chi connectivity index (χ3n) is 4.74. The van der Waals surface area contributed by atoms with Crippen molar-refractivity contribution in [2.45, 2.75) is 37.5 Å². The Balaban J connectivity index is 1.78. The number of hydrogen-bond donors (Lipinski definition) is 1. The maximum Gasteiger partial charge on any atom is 0.243 e. The van der Waals surface area contributed by atoms with Gasteiger partial charge in [0.05, 0.1) is 18.6 Å². The Hall–Kier alpha value is -2.38. The molecule has 1 amide bonds. The van der Waals surface area contributed by atoms with Gasteiger partial charge in [-0.1, -0.05) is 38.1 Å². The SMILES string of the molecule is COc1ccc(S(=O)(=O)N(C)CC(=O)NCCCc2ccc(C(C)C)cc2)cc1. The zero-order valence-electron chi connectivity index (χ0n) is 17.5. The number of nitrogens with zero attached hydrogens (tertiary/aromatic N) is 1. The number of amides is 1. The predicted octanol–water partition coefficient (Wildman–Crippen LogP) is 3.19. The number of carbonyl (C=O) groups excluding carboxylic acids is 1. The van der Waals surface area contributed by atoms with Crippen LogP contribution in [0, 0.1) is 0 Å². The van der Waals surface area contributed by atoms with Gasteiger partial charge < -0.3 is 10.1 Å². The van der Waals surface area contributed by atoms with Crippen molar-refractivity contribution in [3.63, 3.8) is 0 Å². The van der Waals surface area contributed by atoms with Crippen molar-refractivity contribution in [3.8, 4) is 5.75 Å². The largest absolute Gasteiger partial charge is 0.497 e. The van der Waals surface area contributed by atoms with Crippen molar-refractivity contribution in [2.75, 3.05) is 27.2 Å². The Bertz CT molecular complexity index is 891. The molecule has 2 aromatic rings. The van der Waals surface area contributed by atoms with Crippen LogP contribution in [0.2, 0.25) is 0 Å². The maximum absolute atomic E-state index is 12.6. The molecule has 29 heavy (non-hydrogen) atoms. The summed E-state index contributed by atoms with van der Waals surface area (Å²) in [5.74, 6) is 0.762. The predicted molar refractivity (Wildman–Crippen MR) is 115 cm³/mol. The summed E-state index contributed by atoms with van der Waals surface area (Å²) in [4.78, 5) is 12.2. The summed E-state index contributed by atoms with van der Waals surface area (Å²) in [7, 11) is -0.814. The molecular formula is C22H30N2O4S. The second-order valence-corrected chi connectivity index (χ2v) is 9.33. The van der Waals surface area contributed by atoms with Gasteiger partial charge in [-0.05, 0) is 54.2 Å². The first-order valence-electron chi connectivity index (χ1n) is 9.70. The Morgan fingerprint density at radius 1 is 1.07 bits per heavy atom. The molecule has 1 N–H and O–H groups in total. The van der Waals surface area contributed by atoms with E-state index < -0.39 is 10.0 Å². The summed E-state index contributed by atoms with van der Waals surface area (Å²) < 4.78 is 31.2. The third kappa shape index (κ3) is 6.58. The lowest BCUT2D eigenvalue weighted by molar-refractivity contribution is -0.121. The van der Waals surface area contributed by atoms with E-state index in [9.17, 15) is 13.2 Å². The monoisotopic (exact) mass is 418 g/mol. The highest BCUT2D eigenvalue weighted by Crippen LogP contribution is 2.18. The van der Waals surface area contributed by atoms with Crippen molar-refractivity contribution in [2.24, 2.45) is 0 Å². The molecule has 2 aromatic carbocycles. The number of carbonyl (C=O) groups is 1. The lowest BCUT2D eigenvalue weighted by Crippen LogP contribution is -2.38. The van der Waals surface area contributed by atoms with E-state index in [1.165, 1.54) is 37.4 Å². The molecule has 0 aliphatic carbocycles. The van der Waals surface area contributed by atoms with Crippen LogP contribution < -0.4 is 10.1 Å². The summed E-state index contributed by atoms with van der Waals surface area (Å²) in [6.07, 6.45) is 1.65. The zero-order valence-corrected chi connectivity index (χ0v) is 18.3. The molecule has 6 nitrogen and oxygen atoms in total. The Morgan fingerprint density at radius 3 is 2.24 bits per heavy atom. The molecule has 7 heteroatoms. The molecule has 0 atom stereocenters. The highest BCUT2D eigenvalue weighted by atomic mass is 32.2.